The van der Waals surface area contributed by atoms with E-state index >= 15 is 0 Å². The van der Waals surface area contributed by atoms with Crippen LogP contribution in [0.2, 0.25) is 0 Å². The van der Waals surface area contributed by atoms with Crippen molar-refractivity contribution >= 4 is 11.3 Å². The van der Waals surface area contributed by atoms with Crippen LogP contribution in [-0.4, -0.2) is 40.5 Å². The zero-order valence-electron chi connectivity index (χ0n) is 14.8. The number of pyridine rings is 1. The third kappa shape index (κ3) is 3.80. The number of fused-ring (bicyclic) bond motifs is 1. The molecule has 3 aromatic rings. The summed E-state index contributed by atoms with van der Waals surface area (Å²) in [7, 11) is 0. The van der Waals surface area contributed by atoms with E-state index in [-0.39, 0.29) is 5.65 Å². The lowest BCUT2D eigenvalue weighted by atomic mass is 10.1. The van der Waals surface area contributed by atoms with Crippen molar-refractivity contribution in [1.29, 1.82) is 0 Å². The van der Waals surface area contributed by atoms with Crippen molar-refractivity contribution in [3.8, 4) is 0 Å². The third-order valence-electron chi connectivity index (χ3n) is 4.87. The van der Waals surface area contributed by atoms with Crippen molar-refractivity contribution in [2.75, 3.05) is 31.1 Å². The maximum atomic E-state index is 13.8. The van der Waals surface area contributed by atoms with Gasteiger partial charge in [-0.2, -0.15) is 13.2 Å². The van der Waals surface area contributed by atoms with Crippen LogP contribution in [0.1, 0.15) is 11.3 Å². The molecule has 0 unspecified atom stereocenters. The van der Waals surface area contributed by atoms with Crippen molar-refractivity contribution < 1.29 is 22.0 Å². The van der Waals surface area contributed by atoms with E-state index in [2.05, 4.69) is 4.98 Å². The highest BCUT2D eigenvalue weighted by Crippen LogP contribution is 2.29. The molecule has 148 valence electrons. The summed E-state index contributed by atoms with van der Waals surface area (Å²) in [5.41, 5.74) is 0.408. The van der Waals surface area contributed by atoms with E-state index in [9.17, 15) is 22.0 Å². The van der Waals surface area contributed by atoms with Gasteiger partial charge in [0.1, 0.15) is 17.3 Å². The number of alkyl halides is 3. The van der Waals surface area contributed by atoms with E-state index in [0.717, 1.165) is 24.0 Å². The summed E-state index contributed by atoms with van der Waals surface area (Å²) in [4.78, 5) is 7.66. The Morgan fingerprint density at radius 3 is 2.39 bits per heavy atom. The van der Waals surface area contributed by atoms with Crippen LogP contribution in [-0.2, 0) is 12.7 Å². The zero-order chi connectivity index (χ0) is 19.9. The highest BCUT2D eigenvalue weighted by Gasteiger charge is 2.34. The molecule has 0 radical (unpaired) electrons. The number of aromatic nitrogens is 2. The first kappa shape index (κ1) is 18.7. The Kier molecular flexibility index (Phi) is 4.70. The van der Waals surface area contributed by atoms with Gasteiger partial charge >= 0.3 is 6.18 Å². The number of hydrogen-bond acceptors (Lipinski definition) is 3. The molecular weight excluding hydrogens is 379 g/mol. The predicted molar refractivity (Wildman–Crippen MR) is 94.0 cm³/mol. The van der Waals surface area contributed by atoms with E-state index < -0.39 is 23.5 Å². The minimum absolute atomic E-state index is 0.233. The second-order valence-electron chi connectivity index (χ2n) is 6.78. The molecule has 9 heteroatoms. The molecule has 4 rings (SSSR count). The Labute approximate surface area is 157 Å². The highest BCUT2D eigenvalue weighted by molar-refractivity contribution is 5.53. The van der Waals surface area contributed by atoms with E-state index in [4.69, 9.17) is 0 Å². The van der Waals surface area contributed by atoms with Crippen LogP contribution in [0.25, 0.3) is 5.65 Å². The summed E-state index contributed by atoms with van der Waals surface area (Å²) in [6.07, 6.45) is -1.88. The summed E-state index contributed by atoms with van der Waals surface area (Å²) < 4.78 is 66.9. The third-order valence-corrected chi connectivity index (χ3v) is 4.87. The fourth-order valence-electron chi connectivity index (χ4n) is 3.37. The van der Waals surface area contributed by atoms with Crippen LogP contribution in [0, 0.1) is 11.6 Å². The van der Waals surface area contributed by atoms with Crippen LogP contribution < -0.4 is 4.90 Å². The van der Waals surface area contributed by atoms with Crippen LogP contribution >= 0.6 is 0 Å². The molecule has 1 aromatic carbocycles. The lowest BCUT2D eigenvalue weighted by molar-refractivity contribution is -0.140. The number of piperazine rings is 1. The van der Waals surface area contributed by atoms with Crippen LogP contribution in [0.5, 0.6) is 0 Å². The number of anilines is 1. The Balaban J connectivity index is 1.44. The first-order valence-corrected chi connectivity index (χ1v) is 8.77. The summed E-state index contributed by atoms with van der Waals surface area (Å²) in [6.45, 7) is 2.83. The van der Waals surface area contributed by atoms with Crippen LogP contribution in [0.15, 0.2) is 42.7 Å². The lowest BCUT2D eigenvalue weighted by Crippen LogP contribution is -2.46. The van der Waals surface area contributed by atoms with Crippen molar-refractivity contribution in [3.63, 3.8) is 0 Å². The fourth-order valence-corrected chi connectivity index (χ4v) is 3.37. The molecule has 1 saturated heterocycles. The number of halogens is 5. The summed E-state index contributed by atoms with van der Waals surface area (Å²) in [6, 6.07) is 6.71. The van der Waals surface area contributed by atoms with E-state index in [1.807, 2.05) is 9.80 Å². The Hall–Kier alpha value is -2.68. The smallest absolute Gasteiger partial charge is 0.368 e. The van der Waals surface area contributed by atoms with Gasteiger partial charge in [-0.25, -0.2) is 13.8 Å². The summed E-state index contributed by atoms with van der Waals surface area (Å²) in [5, 5.41) is 0. The number of benzene rings is 1. The standard InChI is InChI=1S/C19H17F5N4/c20-14-1-3-16(21)13(9-14)10-26-5-7-27(8-6-26)15-2-4-18-25-17(19(22,23)24)12-28(18)11-15/h1-4,9,11-12H,5-8,10H2. The molecule has 1 fully saturated rings. The molecule has 3 heterocycles. The van der Waals surface area contributed by atoms with E-state index in [1.165, 1.54) is 10.5 Å². The van der Waals surface area contributed by atoms with Crippen molar-refractivity contribution in [2.45, 2.75) is 12.7 Å². The average Bonchev–Trinajstić information content (AvgIpc) is 3.09. The van der Waals surface area contributed by atoms with Gasteiger partial charge in [0.2, 0.25) is 0 Å². The number of hydrogen-bond donors (Lipinski definition) is 0. The van der Waals surface area contributed by atoms with Gasteiger partial charge in [-0.05, 0) is 30.3 Å². The molecule has 0 aliphatic carbocycles. The SMILES string of the molecule is Fc1ccc(F)c(CN2CCN(c3ccc4nc(C(F)(F)F)cn4c3)CC2)c1. The normalized spacial score (nSPS) is 16.1. The maximum absolute atomic E-state index is 13.8. The topological polar surface area (TPSA) is 23.8 Å². The van der Waals surface area contributed by atoms with Gasteiger partial charge in [-0.3, -0.25) is 4.90 Å². The van der Waals surface area contributed by atoms with Crippen LogP contribution in [0.3, 0.4) is 0 Å². The second kappa shape index (κ2) is 7.05. The second-order valence-corrected chi connectivity index (χ2v) is 6.78. The number of nitrogens with zero attached hydrogens (tertiary/aromatic N) is 4. The molecule has 0 bridgehead atoms. The largest absolute Gasteiger partial charge is 0.434 e. The molecule has 2 aromatic heterocycles. The molecule has 0 amide bonds. The minimum atomic E-state index is -4.48. The Morgan fingerprint density at radius 2 is 1.68 bits per heavy atom. The van der Waals surface area contributed by atoms with E-state index in [1.54, 1.807) is 18.3 Å². The summed E-state index contributed by atoms with van der Waals surface area (Å²) in [5.74, 6) is -0.906. The predicted octanol–water partition coefficient (Wildman–Crippen LogP) is 3.95. The van der Waals surface area contributed by atoms with Gasteiger partial charge in [-0.1, -0.05) is 0 Å². The van der Waals surface area contributed by atoms with Crippen molar-refractivity contribution in [3.05, 3.63) is 65.6 Å². The zero-order valence-corrected chi connectivity index (χ0v) is 14.8. The molecule has 1 aliphatic heterocycles. The maximum Gasteiger partial charge on any atom is 0.434 e. The first-order chi connectivity index (χ1) is 13.3. The summed E-state index contributed by atoms with van der Waals surface area (Å²) >= 11 is 0. The Bertz CT molecular complexity index is 990. The quantitative estimate of drug-likeness (QED) is 0.627. The van der Waals surface area contributed by atoms with Crippen molar-refractivity contribution in [2.24, 2.45) is 0 Å². The van der Waals surface area contributed by atoms with Gasteiger partial charge in [0.25, 0.3) is 0 Å². The first-order valence-electron chi connectivity index (χ1n) is 8.77. The van der Waals surface area contributed by atoms with Gasteiger partial charge in [-0.15, -0.1) is 0 Å². The van der Waals surface area contributed by atoms with Gasteiger partial charge in [0, 0.05) is 50.7 Å². The van der Waals surface area contributed by atoms with Gasteiger partial charge < -0.3 is 9.30 Å². The molecule has 0 atom stereocenters. The molecular formula is C19H17F5N4. The number of imidazole rings is 1. The molecule has 0 saturated carbocycles. The monoisotopic (exact) mass is 396 g/mol. The van der Waals surface area contributed by atoms with Crippen molar-refractivity contribution in [1.82, 2.24) is 14.3 Å². The molecule has 0 spiro atoms. The minimum Gasteiger partial charge on any atom is -0.368 e. The molecule has 1 aliphatic rings. The average molecular weight is 396 g/mol. The van der Waals surface area contributed by atoms with Gasteiger partial charge in [0.05, 0.1) is 5.69 Å². The molecule has 4 nitrogen and oxygen atoms in total. The fraction of sp³-hybridized carbons (Fsp3) is 0.316. The lowest BCUT2D eigenvalue weighted by Gasteiger charge is -2.36. The molecule has 28 heavy (non-hydrogen) atoms. The van der Waals surface area contributed by atoms with Crippen LogP contribution in [0.4, 0.5) is 27.6 Å². The molecule has 0 N–H and O–H groups in total. The van der Waals surface area contributed by atoms with E-state index in [0.29, 0.717) is 38.3 Å². The van der Waals surface area contributed by atoms with Gasteiger partial charge in [0.15, 0.2) is 5.69 Å². The number of rotatable bonds is 3. The highest BCUT2D eigenvalue weighted by atomic mass is 19.4. The Morgan fingerprint density at radius 1 is 0.929 bits per heavy atom.